The Balaban J connectivity index is 2.23. The van der Waals surface area contributed by atoms with E-state index in [1.165, 1.54) is 6.20 Å². The number of aromatic nitrogens is 1. The lowest BCUT2D eigenvalue weighted by atomic mass is 10.2. The third kappa shape index (κ3) is 3.52. The van der Waals surface area contributed by atoms with Gasteiger partial charge in [-0.3, -0.25) is 4.72 Å². The summed E-state index contributed by atoms with van der Waals surface area (Å²) in [5.41, 5.74) is 1.57. The summed E-state index contributed by atoms with van der Waals surface area (Å²) < 4.78 is 27.0. The first-order chi connectivity index (χ1) is 9.01. The standard InChI is InChI=1S/C12H15N3O2S2/c1-9-14-8-12(18-9)19(16,17)15-11-5-3-4-10(6-11)7-13-2/h3-6,8,13,15H,7H2,1-2H3. The number of aryl methyl sites for hydroxylation is 1. The van der Waals surface area contributed by atoms with E-state index >= 15 is 0 Å². The van der Waals surface area contributed by atoms with Gasteiger partial charge < -0.3 is 5.32 Å². The van der Waals surface area contributed by atoms with E-state index in [2.05, 4.69) is 15.0 Å². The lowest BCUT2D eigenvalue weighted by Gasteiger charge is -2.07. The second-order valence-corrected chi connectivity index (χ2v) is 7.18. The highest BCUT2D eigenvalue weighted by Crippen LogP contribution is 2.21. The summed E-state index contributed by atoms with van der Waals surface area (Å²) in [6.07, 6.45) is 1.37. The second kappa shape index (κ2) is 5.68. The SMILES string of the molecule is CNCc1cccc(NS(=O)(=O)c2cnc(C)s2)c1. The molecule has 2 rings (SSSR count). The lowest BCUT2D eigenvalue weighted by Crippen LogP contribution is -2.12. The third-order valence-corrected chi connectivity index (χ3v) is 5.18. The van der Waals surface area contributed by atoms with Crippen molar-refractivity contribution in [2.24, 2.45) is 0 Å². The molecule has 0 amide bonds. The largest absolute Gasteiger partial charge is 0.316 e. The van der Waals surface area contributed by atoms with Gasteiger partial charge in [-0.25, -0.2) is 13.4 Å². The second-order valence-electron chi connectivity index (χ2n) is 4.03. The van der Waals surface area contributed by atoms with Crippen LogP contribution in [0, 0.1) is 6.92 Å². The summed E-state index contributed by atoms with van der Waals surface area (Å²) in [5, 5.41) is 3.75. The molecule has 0 aliphatic heterocycles. The van der Waals surface area contributed by atoms with Crippen molar-refractivity contribution in [1.29, 1.82) is 0 Å². The van der Waals surface area contributed by atoms with Gasteiger partial charge in [0.05, 0.1) is 11.2 Å². The molecule has 2 aromatic rings. The highest BCUT2D eigenvalue weighted by Gasteiger charge is 2.17. The molecule has 19 heavy (non-hydrogen) atoms. The number of nitrogens with one attached hydrogen (secondary N) is 2. The Kier molecular flexibility index (Phi) is 4.18. The van der Waals surface area contributed by atoms with Gasteiger partial charge in [0.15, 0.2) is 4.21 Å². The van der Waals surface area contributed by atoms with E-state index in [1.807, 2.05) is 25.2 Å². The Morgan fingerprint density at radius 2 is 2.16 bits per heavy atom. The van der Waals surface area contributed by atoms with Crippen molar-refractivity contribution in [2.45, 2.75) is 17.7 Å². The topological polar surface area (TPSA) is 71.1 Å². The molecule has 102 valence electrons. The van der Waals surface area contributed by atoms with Gasteiger partial charge in [-0.1, -0.05) is 12.1 Å². The van der Waals surface area contributed by atoms with E-state index in [4.69, 9.17) is 0 Å². The van der Waals surface area contributed by atoms with Crippen LogP contribution in [0.15, 0.2) is 34.7 Å². The molecule has 1 aromatic carbocycles. The number of sulfonamides is 1. The molecule has 5 nitrogen and oxygen atoms in total. The molecule has 7 heteroatoms. The van der Waals surface area contributed by atoms with E-state index in [1.54, 1.807) is 13.0 Å². The van der Waals surface area contributed by atoms with E-state index in [0.29, 0.717) is 12.2 Å². The quantitative estimate of drug-likeness (QED) is 0.885. The highest BCUT2D eigenvalue weighted by atomic mass is 32.2. The molecule has 0 aliphatic carbocycles. The van der Waals surface area contributed by atoms with Crippen molar-refractivity contribution in [3.8, 4) is 0 Å². The minimum atomic E-state index is -3.54. The maximum atomic E-state index is 12.1. The number of nitrogens with zero attached hydrogens (tertiary/aromatic N) is 1. The molecule has 1 heterocycles. The van der Waals surface area contributed by atoms with Crippen molar-refractivity contribution in [2.75, 3.05) is 11.8 Å². The molecule has 2 N–H and O–H groups in total. The van der Waals surface area contributed by atoms with E-state index in [9.17, 15) is 8.42 Å². The number of rotatable bonds is 5. The van der Waals surface area contributed by atoms with Gasteiger partial charge in [-0.2, -0.15) is 0 Å². The Morgan fingerprint density at radius 1 is 1.37 bits per heavy atom. The molecular weight excluding hydrogens is 282 g/mol. The molecular formula is C12H15N3O2S2. The molecule has 0 aliphatic rings. The number of thiazole rings is 1. The molecule has 0 saturated carbocycles. The summed E-state index contributed by atoms with van der Waals surface area (Å²) in [7, 11) is -1.69. The fraction of sp³-hybridized carbons (Fsp3) is 0.250. The van der Waals surface area contributed by atoms with Crippen LogP contribution in [0.3, 0.4) is 0 Å². The predicted octanol–water partition coefficient (Wildman–Crippen LogP) is 1.97. The minimum absolute atomic E-state index is 0.226. The van der Waals surface area contributed by atoms with E-state index in [-0.39, 0.29) is 4.21 Å². The van der Waals surface area contributed by atoms with Gasteiger partial charge in [0.2, 0.25) is 0 Å². The fourth-order valence-electron chi connectivity index (χ4n) is 1.62. The summed E-state index contributed by atoms with van der Waals surface area (Å²) in [5.74, 6) is 0. The van der Waals surface area contributed by atoms with Crippen LogP contribution in [-0.4, -0.2) is 20.4 Å². The average molecular weight is 297 g/mol. The first-order valence-electron chi connectivity index (χ1n) is 5.70. The predicted molar refractivity (Wildman–Crippen MR) is 76.9 cm³/mol. The van der Waals surface area contributed by atoms with Gasteiger partial charge in [-0.15, -0.1) is 11.3 Å². The fourth-order valence-corrected chi connectivity index (χ4v) is 3.78. The van der Waals surface area contributed by atoms with Gasteiger partial charge in [-0.05, 0) is 31.7 Å². The zero-order chi connectivity index (χ0) is 13.9. The lowest BCUT2D eigenvalue weighted by molar-refractivity contribution is 0.603. The van der Waals surface area contributed by atoms with Crippen LogP contribution in [0.1, 0.15) is 10.6 Å². The first-order valence-corrected chi connectivity index (χ1v) is 8.00. The van der Waals surface area contributed by atoms with Crippen molar-refractivity contribution < 1.29 is 8.42 Å². The van der Waals surface area contributed by atoms with Crippen molar-refractivity contribution >= 4 is 27.0 Å². The summed E-state index contributed by atoms with van der Waals surface area (Å²) in [4.78, 5) is 3.96. The first kappa shape index (κ1) is 14.0. The van der Waals surface area contributed by atoms with Gasteiger partial charge in [0, 0.05) is 12.2 Å². The average Bonchev–Trinajstić information content (AvgIpc) is 2.77. The molecule has 0 fully saturated rings. The van der Waals surface area contributed by atoms with Gasteiger partial charge in [0.25, 0.3) is 10.0 Å². The maximum absolute atomic E-state index is 12.1. The summed E-state index contributed by atoms with van der Waals surface area (Å²) in [6.45, 7) is 2.46. The van der Waals surface area contributed by atoms with Crippen LogP contribution in [0.5, 0.6) is 0 Å². The summed E-state index contributed by atoms with van der Waals surface area (Å²) in [6, 6.07) is 7.29. The van der Waals surface area contributed by atoms with Crippen molar-refractivity contribution in [3.63, 3.8) is 0 Å². The van der Waals surface area contributed by atoms with Crippen LogP contribution in [-0.2, 0) is 16.6 Å². The normalized spacial score (nSPS) is 11.5. The Morgan fingerprint density at radius 3 is 2.79 bits per heavy atom. The van der Waals surface area contributed by atoms with Gasteiger partial charge >= 0.3 is 0 Å². The molecule has 0 spiro atoms. The van der Waals surface area contributed by atoms with Crippen LogP contribution >= 0.6 is 11.3 Å². The van der Waals surface area contributed by atoms with Crippen LogP contribution in [0.2, 0.25) is 0 Å². The Labute approximate surface area is 116 Å². The number of hydrogen-bond donors (Lipinski definition) is 2. The van der Waals surface area contributed by atoms with Crippen molar-refractivity contribution in [3.05, 3.63) is 41.0 Å². The Hall–Kier alpha value is -1.44. The molecule has 0 radical (unpaired) electrons. The maximum Gasteiger partial charge on any atom is 0.273 e. The van der Waals surface area contributed by atoms with Gasteiger partial charge in [0.1, 0.15) is 0 Å². The minimum Gasteiger partial charge on any atom is -0.316 e. The van der Waals surface area contributed by atoms with Crippen molar-refractivity contribution in [1.82, 2.24) is 10.3 Å². The van der Waals surface area contributed by atoms with Crippen LogP contribution < -0.4 is 10.0 Å². The zero-order valence-corrected chi connectivity index (χ0v) is 12.3. The van der Waals surface area contributed by atoms with E-state index in [0.717, 1.165) is 21.9 Å². The third-order valence-electron chi connectivity index (χ3n) is 2.43. The molecule has 0 atom stereocenters. The smallest absolute Gasteiger partial charge is 0.273 e. The Bertz CT molecular complexity index is 665. The highest BCUT2D eigenvalue weighted by molar-refractivity contribution is 7.94. The molecule has 0 unspecified atom stereocenters. The number of benzene rings is 1. The van der Waals surface area contributed by atoms with E-state index < -0.39 is 10.0 Å². The zero-order valence-electron chi connectivity index (χ0n) is 10.7. The molecule has 0 saturated heterocycles. The number of hydrogen-bond acceptors (Lipinski definition) is 5. The molecule has 0 bridgehead atoms. The van der Waals surface area contributed by atoms with Crippen LogP contribution in [0.25, 0.3) is 0 Å². The number of anilines is 1. The summed E-state index contributed by atoms with van der Waals surface area (Å²) >= 11 is 1.15. The monoisotopic (exact) mass is 297 g/mol. The van der Waals surface area contributed by atoms with Crippen LogP contribution in [0.4, 0.5) is 5.69 Å². The molecule has 1 aromatic heterocycles.